The summed E-state index contributed by atoms with van der Waals surface area (Å²) in [6, 6.07) is 13.5. The molecule has 0 bridgehead atoms. The van der Waals surface area contributed by atoms with Crippen molar-refractivity contribution in [3.05, 3.63) is 95.5 Å². The number of hydrogen-bond donors (Lipinski definition) is 1. The van der Waals surface area contributed by atoms with Crippen LogP contribution in [0.1, 0.15) is 27.9 Å². The van der Waals surface area contributed by atoms with Gasteiger partial charge in [-0.05, 0) is 54.3 Å². The molecule has 0 aliphatic rings. The van der Waals surface area contributed by atoms with Crippen LogP contribution in [0.3, 0.4) is 0 Å². The Morgan fingerprint density at radius 2 is 1.97 bits per heavy atom. The Labute approximate surface area is 194 Å². The van der Waals surface area contributed by atoms with Crippen molar-refractivity contribution in [1.29, 1.82) is 0 Å². The molecular formula is C26H21F3N4O. The maximum absolute atomic E-state index is 12.8. The molecule has 0 radical (unpaired) electrons. The van der Waals surface area contributed by atoms with Crippen LogP contribution in [0.2, 0.25) is 0 Å². The molecule has 0 saturated heterocycles. The summed E-state index contributed by atoms with van der Waals surface area (Å²) in [5.41, 5.74) is 4.66. The van der Waals surface area contributed by atoms with Gasteiger partial charge >= 0.3 is 6.18 Å². The van der Waals surface area contributed by atoms with E-state index in [1.54, 1.807) is 35.1 Å². The molecule has 2 heterocycles. The maximum Gasteiger partial charge on any atom is 0.393 e. The van der Waals surface area contributed by atoms with E-state index < -0.39 is 12.6 Å². The molecule has 0 unspecified atom stereocenters. The largest absolute Gasteiger partial charge is 0.495 e. The van der Waals surface area contributed by atoms with Crippen LogP contribution in [0.15, 0.2) is 67.5 Å². The number of nitrogens with zero attached hydrogens (tertiary/aromatic N) is 3. The van der Waals surface area contributed by atoms with Gasteiger partial charge in [0.15, 0.2) is 5.65 Å². The van der Waals surface area contributed by atoms with Crippen LogP contribution >= 0.6 is 0 Å². The minimum absolute atomic E-state index is 0.161. The van der Waals surface area contributed by atoms with E-state index in [1.807, 2.05) is 25.1 Å². The van der Waals surface area contributed by atoms with E-state index in [0.717, 1.165) is 5.56 Å². The summed E-state index contributed by atoms with van der Waals surface area (Å²) in [5, 5.41) is 7.35. The van der Waals surface area contributed by atoms with E-state index in [0.29, 0.717) is 39.6 Å². The van der Waals surface area contributed by atoms with Crippen LogP contribution < -0.4 is 10.1 Å². The van der Waals surface area contributed by atoms with Crippen LogP contribution in [-0.2, 0) is 6.42 Å². The third-order valence-corrected chi connectivity index (χ3v) is 5.12. The van der Waals surface area contributed by atoms with Crippen LogP contribution in [0.25, 0.3) is 11.3 Å². The summed E-state index contributed by atoms with van der Waals surface area (Å²) in [4.78, 5) is 4.29. The average molecular weight is 462 g/mol. The van der Waals surface area contributed by atoms with Gasteiger partial charge in [-0.25, -0.2) is 9.50 Å². The number of rotatable bonds is 5. The summed E-state index contributed by atoms with van der Waals surface area (Å²) in [7, 11) is 1.54. The second-order valence-electron chi connectivity index (χ2n) is 7.62. The van der Waals surface area contributed by atoms with Gasteiger partial charge in [0.1, 0.15) is 11.4 Å². The van der Waals surface area contributed by atoms with Crippen LogP contribution in [0.5, 0.6) is 5.75 Å². The number of halogens is 3. The molecule has 34 heavy (non-hydrogen) atoms. The number of benzene rings is 2. The molecule has 0 atom stereocenters. The highest BCUT2D eigenvalue weighted by molar-refractivity contribution is 5.80. The number of hydrogen-bond acceptors (Lipinski definition) is 4. The third kappa shape index (κ3) is 5.04. The molecule has 5 nitrogen and oxygen atoms in total. The summed E-state index contributed by atoms with van der Waals surface area (Å²) in [6.07, 6.45) is -1.97. The van der Waals surface area contributed by atoms with Gasteiger partial charge in [-0.3, -0.25) is 0 Å². The minimum Gasteiger partial charge on any atom is -0.495 e. The number of fused-ring (bicyclic) bond motifs is 1. The minimum atomic E-state index is -4.28. The quantitative estimate of drug-likeness (QED) is 0.391. The number of aromatic nitrogens is 3. The van der Waals surface area contributed by atoms with Gasteiger partial charge in [0.2, 0.25) is 0 Å². The molecule has 172 valence electrons. The number of nitrogens with one attached hydrogen (secondary N) is 1. The number of imidazole rings is 1. The normalized spacial score (nSPS) is 11.1. The summed E-state index contributed by atoms with van der Waals surface area (Å²) < 4.78 is 45.6. The van der Waals surface area contributed by atoms with E-state index >= 15 is 0 Å². The predicted octanol–water partition coefficient (Wildman–Crippen LogP) is 5.63. The molecule has 0 amide bonds. The van der Waals surface area contributed by atoms with Crippen molar-refractivity contribution < 1.29 is 17.9 Å². The Hall–Kier alpha value is -4.25. The smallest absolute Gasteiger partial charge is 0.393 e. The molecule has 0 spiro atoms. The fourth-order valence-electron chi connectivity index (χ4n) is 3.56. The number of alkyl halides is 3. The monoisotopic (exact) mass is 462 g/mol. The number of methoxy groups -OCH3 is 1. The van der Waals surface area contributed by atoms with E-state index in [-0.39, 0.29) is 5.56 Å². The number of ether oxygens (including phenoxy) is 1. The van der Waals surface area contributed by atoms with E-state index in [4.69, 9.17) is 4.74 Å². The Morgan fingerprint density at radius 1 is 1.15 bits per heavy atom. The zero-order valence-electron chi connectivity index (χ0n) is 18.6. The molecule has 4 rings (SSSR count). The van der Waals surface area contributed by atoms with E-state index in [1.165, 1.54) is 19.2 Å². The van der Waals surface area contributed by atoms with Gasteiger partial charge in [0, 0.05) is 23.1 Å². The lowest BCUT2D eigenvalue weighted by molar-refractivity contribution is -0.127. The van der Waals surface area contributed by atoms with Crippen LogP contribution in [0.4, 0.5) is 18.9 Å². The molecule has 0 aliphatic carbocycles. The van der Waals surface area contributed by atoms with Crippen molar-refractivity contribution in [2.75, 3.05) is 12.4 Å². The molecule has 8 heteroatoms. The van der Waals surface area contributed by atoms with Gasteiger partial charge in [0.05, 0.1) is 25.3 Å². The molecule has 2 aromatic carbocycles. The molecular weight excluding hydrogens is 441 g/mol. The lowest BCUT2D eigenvalue weighted by Gasteiger charge is -2.17. The molecule has 0 fully saturated rings. The fraction of sp³-hybridized carbons (Fsp3) is 0.154. The van der Waals surface area contributed by atoms with Gasteiger partial charge < -0.3 is 10.1 Å². The van der Waals surface area contributed by atoms with Crippen molar-refractivity contribution in [3.8, 4) is 17.6 Å². The average Bonchev–Trinajstić information content (AvgIpc) is 3.20. The Kier molecular flexibility index (Phi) is 6.28. The Balaban J connectivity index is 1.65. The molecule has 0 aliphatic heterocycles. The zero-order chi connectivity index (χ0) is 24.3. The third-order valence-electron chi connectivity index (χ3n) is 5.12. The summed E-state index contributed by atoms with van der Waals surface area (Å²) in [6.45, 7) is 5.99. The predicted molar refractivity (Wildman–Crippen MR) is 126 cm³/mol. The highest BCUT2D eigenvalue weighted by Crippen LogP contribution is 2.32. The van der Waals surface area contributed by atoms with Crippen molar-refractivity contribution >= 4 is 17.0 Å². The van der Waals surface area contributed by atoms with Gasteiger partial charge in [-0.15, -0.1) is 0 Å². The van der Waals surface area contributed by atoms with Crippen molar-refractivity contribution in [2.45, 2.75) is 19.5 Å². The van der Waals surface area contributed by atoms with Gasteiger partial charge in [-0.2, -0.15) is 18.3 Å². The summed E-state index contributed by atoms with van der Waals surface area (Å²) >= 11 is 0. The molecule has 0 saturated carbocycles. The van der Waals surface area contributed by atoms with Crippen molar-refractivity contribution in [2.24, 2.45) is 0 Å². The molecule has 2 aromatic heterocycles. The second-order valence-corrected chi connectivity index (χ2v) is 7.62. The molecule has 4 aromatic rings. The first kappa shape index (κ1) is 22.9. The van der Waals surface area contributed by atoms with Crippen LogP contribution in [-0.4, -0.2) is 27.9 Å². The Bertz CT molecular complexity index is 1430. The maximum atomic E-state index is 12.8. The van der Waals surface area contributed by atoms with Gasteiger partial charge in [0.25, 0.3) is 0 Å². The Morgan fingerprint density at radius 3 is 2.74 bits per heavy atom. The first-order chi connectivity index (χ1) is 16.2. The number of aryl methyl sites for hydroxylation is 1. The van der Waals surface area contributed by atoms with E-state index in [9.17, 15) is 13.2 Å². The van der Waals surface area contributed by atoms with Crippen molar-refractivity contribution in [1.82, 2.24) is 14.6 Å². The lowest BCUT2D eigenvalue weighted by Crippen LogP contribution is -2.11. The summed E-state index contributed by atoms with van der Waals surface area (Å²) in [5.74, 6) is 6.76. The van der Waals surface area contributed by atoms with E-state index in [2.05, 4.69) is 33.8 Å². The lowest BCUT2D eigenvalue weighted by atomic mass is 10.0. The number of anilines is 1. The molecule has 1 N–H and O–H groups in total. The highest BCUT2D eigenvalue weighted by Gasteiger charge is 2.27. The highest BCUT2D eigenvalue weighted by atomic mass is 19.4. The van der Waals surface area contributed by atoms with Crippen molar-refractivity contribution in [3.63, 3.8) is 0 Å². The van der Waals surface area contributed by atoms with Crippen LogP contribution in [0, 0.1) is 18.8 Å². The SMILES string of the molecule is C=C(Nc1cccc(CC(F)(F)F)c1)c1ccc(C)c(C#Cc2cnc3cccnn23)c1OC. The standard InChI is InChI=1S/C26H21F3N4O/c1-17-9-11-23(18(2)32-20-7-4-6-19(14-20)15-26(27,28)29)25(34-3)22(17)12-10-21-16-30-24-8-5-13-31-33(21)24/h4-9,11,13-14,16,32H,2,15H2,1,3H3. The fourth-order valence-corrected chi connectivity index (χ4v) is 3.56. The van der Waals surface area contributed by atoms with Gasteiger partial charge in [-0.1, -0.05) is 30.7 Å². The second kappa shape index (κ2) is 9.32. The first-order valence-corrected chi connectivity index (χ1v) is 10.4. The zero-order valence-corrected chi connectivity index (χ0v) is 18.6. The topological polar surface area (TPSA) is 51.5 Å². The first-order valence-electron chi connectivity index (χ1n) is 10.4.